The van der Waals surface area contributed by atoms with Gasteiger partial charge in [-0.1, -0.05) is 11.6 Å². The normalized spacial score (nSPS) is 15.9. The number of anilines is 2. The van der Waals surface area contributed by atoms with Crippen molar-refractivity contribution in [2.45, 2.75) is 25.8 Å². The molecule has 0 spiro atoms. The van der Waals surface area contributed by atoms with Crippen LogP contribution in [0.4, 0.5) is 16.2 Å². The highest BCUT2D eigenvalue weighted by Gasteiger charge is 2.15. The number of urea groups is 1. The summed E-state index contributed by atoms with van der Waals surface area (Å²) >= 11 is 6.31. The molecule has 1 aliphatic heterocycles. The van der Waals surface area contributed by atoms with Gasteiger partial charge in [0.2, 0.25) is 0 Å². The Labute approximate surface area is 130 Å². The van der Waals surface area contributed by atoms with Gasteiger partial charge in [0.15, 0.2) is 0 Å². The van der Waals surface area contributed by atoms with E-state index >= 15 is 0 Å². The molecule has 1 unspecified atom stereocenters. The SMILES string of the molecule is COCC(C)NC(=O)Nc1ccc(N2CCCC2)c(Cl)c1. The second kappa shape index (κ2) is 7.52. The lowest BCUT2D eigenvalue weighted by Crippen LogP contribution is -2.38. The third kappa shape index (κ3) is 4.51. The van der Waals surface area contributed by atoms with E-state index in [-0.39, 0.29) is 12.1 Å². The van der Waals surface area contributed by atoms with Crippen molar-refractivity contribution in [3.8, 4) is 0 Å². The Kier molecular flexibility index (Phi) is 5.70. The molecule has 1 aromatic carbocycles. The molecule has 116 valence electrons. The molecule has 2 N–H and O–H groups in total. The van der Waals surface area contributed by atoms with Crippen LogP contribution in [0.15, 0.2) is 18.2 Å². The van der Waals surface area contributed by atoms with Crippen LogP contribution in [0.2, 0.25) is 5.02 Å². The molecule has 1 aliphatic rings. The fraction of sp³-hybridized carbons (Fsp3) is 0.533. The number of carbonyl (C=O) groups is 1. The first-order chi connectivity index (χ1) is 10.1. The van der Waals surface area contributed by atoms with E-state index in [9.17, 15) is 4.79 Å². The molecule has 0 aromatic heterocycles. The van der Waals surface area contributed by atoms with Gasteiger partial charge in [0.1, 0.15) is 0 Å². The Morgan fingerprint density at radius 1 is 1.43 bits per heavy atom. The summed E-state index contributed by atoms with van der Waals surface area (Å²) in [5, 5.41) is 6.24. The molecule has 1 aromatic rings. The number of ether oxygens (including phenoxy) is 1. The van der Waals surface area contributed by atoms with Gasteiger partial charge in [-0.25, -0.2) is 4.79 Å². The lowest BCUT2D eigenvalue weighted by molar-refractivity contribution is 0.173. The van der Waals surface area contributed by atoms with Gasteiger partial charge in [-0.15, -0.1) is 0 Å². The molecule has 0 saturated carbocycles. The first kappa shape index (κ1) is 15.9. The fourth-order valence-corrected chi connectivity index (χ4v) is 2.78. The molecule has 2 rings (SSSR count). The highest BCUT2D eigenvalue weighted by atomic mass is 35.5. The zero-order valence-electron chi connectivity index (χ0n) is 12.5. The van der Waals surface area contributed by atoms with Crippen LogP contribution in [0.3, 0.4) is 0 Å². The molecule has 1 heterocycles. The Morgan fingerprint density at radius 2 is 2.14 bits per heavy atom. The number of amides is 2. The second-order valence-corrected chi connectivity index (χ2v) is 5.72. The Balaban J connectivity index is 1.95. The van der Waals surface area contributed by atoms with Crippen molar-refractivity contribution in [2.75, 3.05) is 37.0 Å². The Bertz CT molecular complexity index is 490. The minimum Gasteiger partial charge on any atom is -0.383 e. The van der Waals surface area contributed by atoms with Crippen LogP contribution < -0.4 is 15.5 Å². The molecule has 21 heavy (non-hydrogen) atoms. The van der Waals surface area contributed by atoms with Gasteiger partial charge in [-0.3, -0.25) is 0 Å². The topological polar surface area (TPSA) is 53.6 Å². The maximum Gasteiger partial charge on any atom is 0.319 e. The fourth-order valence-electron chi connectivity index (χ4n) is 2.48. The van der Waals surface area contributed by atoms with Crippen molar-refractivity contribution in [3.05, 3.63) is 23.2 Å². The predicted octanol–water partition coefficient (Wildman–Crippen LogP) is 3.10. The summed E-state index contributed by atoms with van der Waals surface area (Å²) in [6.07, 6.45) is 2.41. The maximum absolute atomic E-state index is 11.8. The summed E-state index contributed by atoms with van der Waals surface area (Å²) in [4.78, 5) is 14.1. The van der Waals surface area contributed by atoms with Crippen molar-refractivity contribution in [2.24, 2.45) is 0 Å². The van der Waals surface area contributed by atoms with Crippen LogP contribution in [-0.2, 0) is 4.74 Å². The van der Waals surface area contributed by atoms with E-state index in [0.29, 0.717) is 17.3 Å². The summed E-state index contributed by atoms with van der Waals surface area (Å²) in [6, 6.07) is 5.32. The number of hydrogen-bond acceptors (Lipinski definition) is 3. The van der Waals surface area contributed by atoms with Crippen molar-refractivity contribution < 1.29 is 9.53 Å². The average molecular weight is 312 g/mol. The highest BCUT2D eigenvalue weighted by Crippen LogP contribution is 2.31. The third-order valence-electron chi connectivity index (χ3n) is 3.45. The smallest absolute Gasteiger partial charge is 0.319 e. The summed E-state index contributed by atoms with van der Waals surface area (Å²) in [6.45, 7) is 4.44. The van der Waals surface area contributed by atoms with Gasteiger partial charge < -0.3 is 20.3 Å². The molecule has 0 radical (unpaired) electrons. The summed E-state index contributed by atoms with van der Waals surface area (Å²) in [7, 11) is 1.60. The van der Waals surface area contributed by atoms with Crippen molar-refractivity contribution in [1.82, 2.24) is 5.32 Å². The van der Waals surface area contributed by atoms with Crippen LogP contribution in [0.25, 0.3) is 0 Å². The van der Waals surface area contributed by atoms with Crippen LogP contribution in [0.1, 0.15) is 19.8 Å². The molecule has 0 aliphatic carbocycles. The summed E-state index contributed by atoms with van der Waals surface area (Å²) < 4.78 is 4.98. The number of rotatable bonds is 5. The van der Waals surface area contributed by atoms with Gasteiger partial charge in [0.05, 0.1) is 23.4 Å². The number of nitrogens with zero attached hydrogens (tertiary/aromatic N) is 1. The van der Waals surface area contributed by atoms with Crippen LogP contribution >= 0.6 is 11.6 Å². The van der Waals surface area contributed by atoms with Crippen LogP contribution in [-0.4, -0.2) is 38.9 Å². The van der Waals surface area contributed by atoms with Crippen LogP contribution in [0, 0.1) is 0 Å². The average Bonchev–Trinajstić information content (AvgIpc) is 2.92. The van der Waals surface area contributed by atoms with Crippen molar-refractivity contribution >= 4 is 29.0 Å². The largest absolute Gasteiger partial charge is 0.383 e. The quantitative estimate of drug-likeness (QED) is 0.878. The number of benzene rings is 1. The van der Waals surface area contributed by atoms with E-state index in [0.717, 1.165) is 18.8 Å². The number of hydrogen-bond donors (Lipinski definition) is 2. The minimum atomic E-state index is -0.260. The summed E-state index contributed by atoms with van der Waals surface area (Å²) in [5.41, 5.74) is 1.72. The first-order valence-electron chi connectivity index (χ1n) is 7.21. The standard InChI is InChI=1S/C15H22ClN3O2/c1-11(10-21-2)17-15(20)18-12-5-6-14(13(16)9-12)19-7-3-4-8-19/h5-6,9,11H,3-4,7-8,10H2,1-2H3,(H2,17,18,20). The lowest BCUT2D eigenvalue weighted by atomic mass is 10.2. The van der Waals surface area contributed by atoms with E-state index in [4.69, 9.17) is 16.3 Å². The Hall–Kier alpha value is -1.46. The van der Waals surface area contributed by atoms with Crippen molar-refractivity contribution in [3.63, 3.8) is 0 Å². The zero-order valence-corrected chi connectivity index (χ0v) is 13.2. The molecule has 1 atom stereocenters. The molecule has 1 saturated heterocycles. The molecular formula is C15H22ClN3O2. The molecule has 0 bridgehead atoms. The highest BCUT2D eigenvalue weighted by molar-refractivity contribution is 6.33. The van der Waals surface area contributed by atoms with Crippen molar-refractivity contribution in [1.29, 1.82) is 0 Å². The molecular weight excluding hydrogens is 290 g/mol. The van der Waals surface area contributed by atoms with E-state index < -0.39 is 0 Å². The van der Waals surface area contributed by atoms with Gasteiger partial charge >= 0.3 is 6.03 Å². The Morgan fingerprint density at radius 3 is 2.76 bits per heavy atom. The van der Waals surface area contributed by atoms with E-state index in [2.05, 4.69) is 15.5 Å². The number of halogens is 1. The van der Waals surface area contributed by atoms with Crippen LogP contribution in [0.5, 0.6) is 0 Å². The summed E-state index contributed by atoms with van der Waals surface area (Å²) in [5.74, 6) is 0. The number of carbonyl (C=O) groups excluding carboxylic acids is 1. The number of methoxy groups -OCH3 is 1. The lowest BCUT2D eigenvalue weighted by Gasteiger charge is -2.20. The third-order valence-corrected chi connectivity index (χ3v) is 3.75. The van der Waals surface area contributed by atoms with Gasteiger partial charge in [0, 0.05) is 25.9 Å². The van der Waals surface area contributed by atoms with E-state index in [1.54, 1.807) is 13.2 Å². The van der Waals surface area contributed by atoms with E-state index in [1.807, 2.05) is 19.1 Å². The molecule has 2 amide bonds. The zero-order chi connectivity index (χ0) is 15.2. The monoisotopic (exact) mass is 311 g/mol. The minimum absolute atomic E-state index is 0.0469. The van der Waals surface area contributed by atoms with Gasteiger partial charge in [-0.2, -0.15) is 0 Å². The second-order valence-electron chi connectivity index (χ2n) is 5.32. The predicted molar refractivity (Wildman–Crippen MR) is 86.4 cm³/mol. The van der Waals surface area contributed by atoms with E-state index in [1.165, 1.54) is 12.8 Å². The number of nitrogens with one attached hydrogen (secondary N) is 2. The first-order valence-corrected chi connectivity index (χ1v) is 7.59. The molecule has 5 nitrogen and oxygen atoms in total. The molecule has 1 fully saturated rings. The maximum atomic E-state index is 11.8. The molecule has 6 heteroatoms. The van der Waals surface area contributed by atoms with Gasteiger partial charge in [-0.05, 0) is 38.0 Å². The van der Waals surface area contributed by atoms with Gasteiger partial charge in [0.25, 0.3) is 0 Å².